The van der Waals surface area contributed by atoms with Gasteiger partial charge >= 0.3 is 0 Å². The highest BCUT2D eigenvalue weighted by Gasteiger charge is 2.19. The van der Waals surface area contributed by atoms with Gasteiger partial charge in [-0.2, -0.15) is 0 Å². The van der Waals surface area contributed by atoms with Crippen molar-refractivity contribution in [3.8, 4) is 11.1 Å². The number of unbranched alkanes of at least 4 members (excludes halogenated alkanes) is 5. The number of nitrogens with one attached hydrogen (secondary N) is 2. The molecule has 0 aliphatic rings. The zero-order valence-electron chi connectivity index (χ0n) is 32.7. The highest BCUT2D eigenvalue weighted by atomic mass is 79.9. The first kappa shape index (κ1) is 53.0. The molecule has 0 radical (unpaired) electrons. The highest BCUT2D eigenvalue weighted by Crippen LogP contribution is 2.24. The minimum absolute atomic E-state index is 0.0205. The summed E-state index contributed by atoms with van der Waals surface area (Å²) in [7, 11) is 1.50. The molecule has 0 bridgehead atoms. The molecule has 1 amide bonds. The Balaban J connectivity index is -0.000000489. The lowest BCUT2D eigenvalue weighted by atomic mass is 9.99. The van der Waals surface area contributed by atoms with Crippen molar-refractivity contribution in [2.24, 2.45) is 5.73 Å². The Morgan fingerprint density at radius 1 is 0.880 bits per heavy atom. The number of ketones is 1. The molecule has 0 aliphatic heterocycles. The first-order valence-corrected chi connectivity index (χ1v) is 18.4. The molecule has 0 aliphatic carbocycles. The van der Waals surface area contributed by atoms with E-state index in [1.165, 1.54) is 63.6 Å². The number of carbonyl (C=O) groups excluding carboxylic acids is 3. The molecular formula is C43H68BrN3O3. The number of rotatable bonds is 16. The molecule has 4 N–H and O–H groups in total. The molecule has 1 unspecified atom stereocenters. The average Bonchev–Trinajstić information content (AvgIpc) is 3.15. The molecule has 0 aromatic heterocycles. The van der Waals surface area contributed by atoms with Crippen LogP contribution in [0.4, 0.5) is 0 Å². The lowest BCUT2D eigenvalue weighted by molar-refractivity contribution is -0.125. The molecule has 0 saturated carbocycles. The summed E-state index contributed by atoms with van der Waals surface area (Å²) in [5.41, 5.74) is 9.88. The third kappa shape index (κ3) is 28.1. The maximum absolute atomic E-state index is 12.4. The normalized spacial score (nSPS) is 10.3. The summed E-state index contributed by atoms with van der Waals surface area (Å²) in [6.45, 7) is 29.3. The number of halogens is 1. The molecule has 2 aromatic carbocycles. The number of amides is 1. The number of aryl methyl sites for hydroxylation is 1. The summed E-state index contributed by atoms with van der Waals surface area (Å²) in [6, 6.07) is 15.5. The van der Waals surface area contributed by atoms with E-state index < -0.39 is 6.04 Å². The van der Waals surface area contributed by atoms with Gasteiger partial charge in [-0.15, -0.1) is 6.58 Å². The minimum Gasteiger partial charge on any atom is -0.375 e. The fourth-order valence-electron chi connectivity index (χ4n) is 3.92. The molecule has 0 fully saturated rings. The van der Waals surface area contributed by atoms with E-state index >= 15 is 0 Å². The number of carbonyl (C=O) groups is 3. The van der Waals surface area contributed by atoms with Crippen LogP contribution in [0.3, 0.4) is 0 Å². The van der Waals surface area contributed by atoms with Crippen LogP contribution in [0.15, 0.2) is 103 Å². The number of hydrogen-bond acceptors (Lipinski definition) is 5. The van der Waals surface area contributed by atoms with Crippen LogP contribution >= 0.6 is 15.9 Å². The van der Waals surface area contributed by atoms with Gasteiger partial charge in [-0.1, -0.05) is 163 Å². The average molecular weight is 755 g/mol. The van der Waals surface area contributed by atoms with Gasteiger partial charge in [0.2, 0.25) is 5.91 Å². The first-order chi connectivity index (χ1) is 24.0. The second kappa shape index (κ2) is 38.0. The van der Waals surface area contributed by atoms with Crippen LogP contribution in [-0.4, -0.2) is 31.6 Å². The van der Waals surface area contributed by atoms with Crippen molar-refractivity contribution < 1.29 is 14.4 Å². The van der Waals surface area contributed by atoms with E-state index in [1.54, 1.807) is 12.2 Å². The Bertz CT molecular complexity index is 1240. The molecule has 0 spiro atoms. The summed E-state index contributed by atoms with van der Waals surface area (Å²) in [5.74, 6) is -0.442. The Labute approximate surface area is 314 Å². The molecule has 0 saturated heterocycles. The van der Waals surface area contributed by atoms with Crippen LogP contribution in [0, 0.1) is 6.92 Å². The van der Waals surface area contributed by atoms with Crippen molar-refractivity contribution in [2.75, 3.05) is 7.05 Å². The monoisotopic (exact) mass is 753 g/mol. The molecule has 6 nitrogen and oxygen atoms in total. The largest absolute Gasteiger partial charge is 0.375 e. The van der Waals surface area contributed by atoms with Gasteiger partial charge in [0.25, 0.3) is 0 Å². The van der Waals surface area contributed by atoms with Gasteiger partial charge in [-0.25, -0.2) is 0 Å². The van der Waals surface area contributed by atoms with Crippen LogP contribution < -0.4 is 16.4 Å². The van der Waals surface area contributed by atoms with Crippen LogP contribution in [0.25, 0.3) is 16.8 Å². The quantitative estimate of drug-likeness (QED) is 0.0900. The first-order valence-electron chi connectivity index (χ1n) is 17.6. The van der Waals surface area contributed by atoms with E-state index in [0.717, 1.165) is 22.0 Å². The van der Waals surface area contributed by atoms with Crippen molar-refractivity contribution in [1.82, 2.24) is 10.6 Å². The standard InChI is InChI=1S/C27H29BrN2O2.C8H18.C4H8.C2H6.CH5N.CH2O/c1-6-24(28)16-11-19(3)29-27(32)17-26(21(5)31)30-20(4)22-12-14-23(15-13-22)25-10-8-7-9-18(25)2;1-3-5-7-8-6-4-2;1-3-4-2;3*1-2/h6-16,26,30H,3-4,17H2,1-2,5H3,(H,29,32);3-8H2,1-2H3;3H,1,4H2,2H3;1-2H3;2H2,1H3;1H2/b16-11-,24-6+;;;;;. The second-order valence-corrected chi connectivity index (χ2v) is 11.5. The van der Waals surface area contributed by atoms with Crippen LogP contribution in [0.2, 0.25) is 0 Å². The predicted molar refractivity (Wildman–Crippen MR) is 225 cm³/mol. The predicted octanol–water partition coefficient (Wildman–Crippen LogP) is 11.4. The zero-order valence-corrected chi connectivity index (χ0v) is 34.3. The van der Waals surface area contributed by atoms with Gasteiger partial charge in [-0.3, -0.25) is 9.59 Å². The van der Waals surface area contributed by atoms with Crippen molar-refractivity contribution >= 4 is 40.1 Å². The fourth-order valence-corrected chi connectivity index (χ4v) is 4.06. The Hall–Kier alpha value is -3.81. The third-order valence-electron chi connectivity index (χ3n) is 6.68. The fraction of sp³-hybridized carbons (Fsp3) is 0.419. The Morgan fingerprint density at radius 2 is 1.38 bits per heavy atom. The molecule has 1 atom stereocenters. The van der Waals surface area contributed by atoms with E-state index in [9.17, 15) is 9.59 Å². The van der Waals surface area contributed by atoms with Gasteiger partial charge in [0.15, 0.2) is 5.78 Å². The molecular weight excluding hydrogens is 686 g/mol. The maximum Gasteiger partial charge on any atom is 0.226 e. The van der Waals surface area contributed by atoms with Crippen LogP contribution in [0.1, 0.15) is 111 Å². The van der Waals surface area contributed by atoms with E-state index in [-0.39, 0.29) is 18.1 Å². The van der Waals surface area contributed by atoms with Crippen molar-refractivity contribution in [2.45, 2.75) is 113 Å². The summed E-state index contributed by atoms with van der Waals surface area (Å²) in [5, 5.41) is 5.80. The van der Waals surface area contributed by atoms with E-state index in [4.69, 9.17) is 4.79 Å². The van der Waals surface area contributed by atoms with E-state index in [0.29, 0.717) is 11.4 Å². The maximum atomic E-state index is 12.4. The smallest absolute Gasteiger partial charge is 0.226 e. The van der Waals surface area contributed by atoms with Gasteiger partial charge < -0.3 is 21.2 Å². The summed E-state index contributed by atoms with van der Waals surface area (Å²) < 4.78 is 0.876. The van der Waals surface area contributed by atoms with Gasteiger partial charge in [-0.05, 0) is 68.6 Å². The Morgan fingerprint density at radius 3 is 1.80 bits per heavy atom. The topological polar surface area (TPSA) is 101 Å². The summed E-state index contributed by atoms with van der Waals surface area (Å²) in [4.78, 5) is 32.5. The number of benzene rings is 2. The van der Waals surface area contributed by atoms with Gasteiger partial charge in [0.1, 0.15) is 6.79 Å². The van der Waals surface area contributed by atoms with Crippen LogP contribution in [-0.2, 0) is 14.4 Å². The van der Waals surface area contributed by atoms with E-state index in [1.807, 2.05) is 76.1 Å². The SMILES string of the molecule is C=C(/C=C\C(Br)=C/C)NC(=O)CC(NC(=C)c1ccc(-c2ccccc2C)cc1)C(C)=O.C=CCC.C=O.CC.CCCCCCCC.CN. The lowest BCUT2D eigenvalue weighted by Crippen LogP contribution is -2.38. The number of allylic oxidation sites excluding steroid dienone is 5. The lowest BCUT2D eigenvalue weighted by Gasteiger charge is -2.19. The summed E-state index contributed by atoms with van der Waals surface area (Å²) >= 11 is 3.36. The third-order valence-corrected chi connectivity index (χ3v) is 7.41. The molecule has 50 heavy (non-hydrogen) atoms. The highest BCUT2D eigenvalue weighted by molar-refractivity contribution is 9.11. The second-order valence-electron chi connectivity index (χ2n) is 10.6. The van der Waals surface area contributed by atoms with Gasteiger partial charge in [0, 0.05) is 15.9 Å². The molecule has 2 aromatic rings. The number of hydrogen-bond donors (Lipinski definition) is 3. The molecule has 280 valence electrons. The molecule has 0 heterocycles. The Kier molecular flexibility index (Phi) is 40.3. The van der Waals surface area contributed by atoms with Crippen LogP contribution in [0.5, 0.6) is 0 Å². The molecule has 2 rings (SSSR count). The molecule has 7 heteroatoms. The van der Waals surface area contributed by atoms with Gasteiger partial charge in [0.05, 0.1) is 12.5 Å². The zero-order chi connectivity index (χ0) is 39.3. The number of Topliss-reactive ketones (excluding diaryl/α,β-unsaturated/α-hetero) is 1. The van der Waals surface area contributed by atoms with Crippen molar-refractivity contribution in [3.05, 3.63) is 114 Å². The van der Waals surface area contributed by atoms with E-state index in [2.05, 4.69) is 91.9 Å². The minimum atomic E-state index is -0.683. The summed E-state index contributed by atoms with van der Waals surface area (Å²) in [6.07, 6.45) is 16.8. The van der Waals surface area contributed by atoms with Crippen molar-refractivity contribution in [3.63, 3.8) is 0 Å². The number of nitrogens with two attached hydrogens (primary N) is 1. The van der Waals surface area contributed by atoms with Crippen molar-refractivity contribution in [1.29, 1.82) is 0 Å².